The molecule has 0 unspecified atom stereocenters. The first-order valence-corrected chi connectivity index (χ1v) is 33.7. The summed E-state index contributed by atoms with van der Waals surface area (Å²) in [6.45, 7) is 9.50. The lowest BCUT2D eigenvalue weighted by atomic mass is 10.0. The van der Waals surface area contributed by atoms with Gasteiger partial charge < -0.3 is 181 Å². The highest BCUT2D eigenvalue weighted by molar-refractivity contribution is 5.79. The van der Waals surface area contributed by atoms with Gasteiger partial charge in [-0.15, -0.1) is 0 Å². The maximum Gasteiger partial charge on any atom is 0.320 e. The molecule has 1 aromatic rings. The number of phenols is 1. The predicted octanol–water partition coefficient (Wildman–Crippen LogP) is -7.79. The molecule has 648 valence electrons. The van der Waals surface area contributed by atoms with Gasteiger partial charge in [0.15, 0.2) is 17.9 Å². The smallest absolute Gasteiger partial charge is 0.320 e. The highest BCUT2D eigenvalue weighted by Crippen LogP contribution is 2.11. The Morgan fingerprint density at radius 3 is 0.775 bits per heavy atom. The lowest BCUT2D eigenvalue weighted by Gasteiger charge is -2.11. The Balaban J connectivity index is -0.000000127. The van der Waals surface area contributed by atoms with E-state index in [1.165, 1.54) is 12.1 Å². The number of benzene rings is 1. The molecule has 0 heterocycles. The molecule has 111 heavy (non-hydrogen) atoms. The van der Waals surface area contributed by atoms with E-state index in [0.29, 0.717) is 84.1 Å². The molecular formula is C62H129N23O26. The van der Waals surface area contributed by atoms with Gasteiger partial charge in [0.2, 0.25) is 5.91 Å². The number of carbonyl (C=O) groups excluding carboxylic acids is 1. The fourth-order valence-electron chi connectivity index (χ4n) is 5.77. The van der Waals surface area contributed by atoms with Crippen molar-refractivity contribution in [2.75, 3.05) is 39.3 Å². The van der Waals surface area contributed by atoms with Gasteiger partial charge in [-0.2, -0.15) is 0 Å². The van der Waals surface area contributed by atoms with Gasteiger partial charge in [0.05, 0.1) is 6.54 Å². The molecule has 0 radical (unpaired) electrons. The number of phenolic OH excluding ortho intramolecular Hbond substituents is 1. The molecule has 49 nitrogen and oxygen atoms in total. The highest BCUT2D eigenvalue weighted by atomic mass is 16.4. The summed E-state index contributed by atoms with van der Waals surface area (Å²) >= 11 is 0. The van der Waals surface area contributed by atoms with Gasteiger partial charge in [0.1, 0.15) is 66.2 Å². The number of carboxylic acids is 12. The number of unbranched alkanes of at least 4 members (excludes halogenated alkanes) is 2. The fraction of sp³-hybridized carbons (Fsp3) is 0.645. The minimum Gasteiger partial charge on any atom is -0.508 e. The second kappa shape index (κ2) is 79.0. The Bertz CT molecular complexity index is 2650. The van der Waals surface area contributed by atoms with E-state index in [-0.39, 0.29) is 74.1 Å². The molecule has 0 aliphatic carbocycles. The molecule has 1 amide bonds. The summed E-state index contributed by atoms with van der Waals surface area (Å²) in [5.74, 6) is -12.2. The Morgan fingerprint density at radius 2 is 0.595 bits per heavy atom. The van der Waals surface area contributed by atoms with Crippen LogP contribution in [0.25, 0.3) is 0 Å². The van der Waals surface area contributed by atoms with Gasteiger partial charge in [0.25, 0.3) is 0 Å². The number of amides is 1. The quantitative estimate of drug-likeness (QED) is 0.0164. The lowest BCUT2D eigenvalue weighted by molar-refractivity contribution is -0.141. The van der Waals surface area contributed by atoms with E-state index >= 15 is 0 Å². The minimum atomic E-state index is -1.17. The number of primary amides is 1. The van der Waals surface area contributed by atoms with Gasteiger partial charge in [-0.3, -0.25) is 77.3 Å². The summed E-state index contributed by atoms with van der Waals surface area (Å²) in [5.41, 5.74) is 103. The number of hydrogen-bond acceptors (Lipinski definition) is 30. The molecule has 0 saturated carbocycles. The summed E-state index contributed by atoms with van der Waals surface area (Å²) < 4.78 is 0. The van der Waals surface area contributed by atoms with Crippen molar-refractivity contribution in [2.24, 2.45) is 141 Å². The lowest BCUT2D eigenvalue weighted by Crippen LogP contribution is -2.36. The van der Waals surface area contributed by atoms with Crippen molar-refractivity contribution in [3.63, 3.8) is 0 Å². The topological polar surface area (TPSA) is 1040 Å². The number of guanidine groups is 3. The van der Waals surface area contributed by atoms with Crippen LogP contribution in [-0.2, 0) is 68.7 Å². The second-order valence-corrected chi connectivity index (χ2v) is 23.2. The minimum absolute atomic E-state index is 0.0129. The van der Waals surface area contributed by atoms with E-state index < -0.39 is 138 Å². The SMILES string of the molecule is CC(C)[C@H](N)C(=O)O.CC[C@H](C)[C@H](N)C(=O)O.NC(=O)CC[C@H](N)C(=O)O.NC(N)=NCCC[C@H](N)C(=O)O.NC(N)=NCCC[C@H](N)C(=O)O.NC(N)=NCCC[C@H](N)C(=O)O.NCC(=O)O.NCCCC[C@H](N)C(=O)O.NCCCC[C@H](N)C(=O)O.N[C@@H](CCC(=O)O)C(=O)O.N[C@@H](Cc1ccc(O)cc1)C(=O)O. The summed E-state index contributed by atoms with van der Waals surface area (Å²) in [5, 5.41) is 108. The van der Waals surface area contributed by atoms with Gasteiger partial charge >= 0.3 is 71.6 Å². The number of aromatic hydroxyl groups is 1. The largest absolute Gasteiger partial charge is 0.508 e. The number of carbonyl (C=O) groups is 13. The van der Waals surface area contributed by atoms with Crippen molar-refractivity contribution in [3.05, 3.63) is 29.8 Å². The van der Waals surface area contributed by atoms with E-state index in [1.54, 1.807) is 26.0 Å². The molecule has 49 heteroatoms. The van der Waals surface area contributed by atoms with Crippen molar-refractivity contribution in [1.29, 1.82) is 0 Å². The molecule has 1 rings (SSSR count). The molecule has 0 spiro atoms. The summed E-state index contributed by atoms with van der Waals surface area (Å²) in [6.07, 6.45) is 8.18. The Labute approximate surface area is 642 Å². The zero-order valence-corrected chi connectivity index (χ0v) is 63.2. The molecule has 0 aromatic heterocycles. The van der Waals surface area contributed by atoms with Gasteiger partial charge in [0, 0.05) is 32.5 Å². The molecule has 1 aromatic carbocycles. The molecule has 0 aliphatic heterocycles. The number of nitrogens with two attached hydrogens (primary N) is 20. The number of carboxylic acid groups (broad SMARTS) is 12. The van der Waals surface area contributed by atoms with Crippen LogP contribution < -0.4 is 115 Å². The molecule has 0 saturated heterocycles. The van der Waals surface area contributed by atoms with Crippen LogP contribution in [0, 0.1) is 11.8 Å². The van der Waals surface area contributed by atoms with Crippen LogP contribution in [0.1, 0.15) is 142 Å². The number of rotatable bonds is 42. The zero-order valence-electron chi connectivity index (χ0n) is 63.2. The van der Waals surface area contributed by atoms with Crippen LogP contribution in [0.15, 0.2) is 39.2 Å². The number of aliphatic carboxylic acids is 12. The highest BCUT2D eigenvalue weighted by Gasteiger charge is 2.19. The van der Waals surface area contributed by atoms with Crippen molar-refractivity contribution < 1.29 is 129 Å². The van der Waals surface area contributed by atoms with E-state index in [9.17, 15) is 62.3 Å². The monoisotopic (exact) mass is 1610 g/mol. The third-order valence-electron chi connectivity index (χ3n) is 12.9. The van der Waals surface area contributed by atoms with E-state index in [4.69, 9.17) is 175 Å². The van der Waals surface area contributed by atoms with Crippen LogP contribution >= 0.6 is 0 Å². The molecular weight excluding hydrogens is 1480 g/mol. The molecule has 0 bridgehead atoms. The van der Waals surface area contributed by atoms with E-state index in [2.05, 4.69) is 20.7 Å². The van der Waals surface area contributed by atoms with Gasteiger partial charge in [-0.25, -0.2) is 0 Å². The normalized spacial score (nSPS) is 12.7. The van der Waals surface area contributed by atoms with Crippen LogP contribution in [0.3, 0.4) is 0 Å². The summed E-state index contributed by atoms with van der Waals surface area (Å²) in [4.78, 5) is 142. The number of nitrogens with zero attached hydrogens (tertiary/aromatic N) is 3. The van der Waals surface area contributed by atoms with Crippen molar-refractivity contribution in [2.45, 2.75) is 204 Å². The molecule has 11 atom stereocenters. The van der Waals surface area contributed by atoms with Gasteiger partial charge in [-0.1, -0.05) is 59.1 Å². The number of aliphatic imine (C=N–C) groups is 3. The van der Waals surface area contributed by atoms with Crippen LogP contribution in [0.5, 0.6) is 5.75 Å². The maximum atomic E-state index is 10.4. The first-order chi connectivity index (χ1) is 51.1. The Hall–Kier alpha value is -10.6. The summed E-state index contributed by atoms with van der Waals surface area (Å²) in [7, 11) is 0. The van der Waals surface area contributed by atoms with Crippen molar-refractivity contribution in [3.8, 4) is 5.75 Å². The van der Waals surface area contributed by atoms with Crippen LogP contribution in [-0.4, -0.2) is 261 Å². The zero-order chi connectivity index (χ0) is 89.2. The van der Waals surface area contributed by atoms with Crippen LogP contribution in [0.2, 0.25) is 0 Å². The first-order valence-electron chi connectivity index (χ1n) is 33.7. The third-order valence-corrected chi connectivity index (χ3v) is 12.9. The van der Waals surface area contributed by atoms with Crippen LogP contribution in [0.4, 0.5) is 0 Å². The van der Waals surface area contributed by atoms with Gasteiger partial charge in [-0.05, 0) is 126 Å². The Morgan fingerprint density at radius 1 is 0.342 bits per heavy atom. The average Bonchev–Trinajstić information content (AvgIpc) is 0.908. The fourth-order valence-corrected chi connectivity index (χ4v) is 5.77. The van der Waals surface area contributed by atoms with E-state index in [1.807, 2.05) is 13.8 Å². The molecule has 0 aliphatic rings. The average molecular weight is 1610 g/mol. The molecule has 53 N–H and O–H groups in total. The van der Waals surface area contributed by atoms with Crippen molar-refractivity contribution >= 4 is 95.4 Å². The van der Waals surface area contributed by atoms with Crippen molar-refractivity contribution in [1.82, 2.24) is 0 Å². The first kappa shape index (κ1) is 121. The predicted molar refractivity (Wildman–Crippen MR) is 410 cm³/mol. The summed E-state index contributed by atoms with van der Waals surface area (Å²) in [6, 6.07) is -1.92. The maximum absolute atomic E-state index is 10.4. The second-order valence-electron chi connectivity index (χ2n) is 23.2. The molecule has 0 fully saturated rings. The standard InChI is InChI=1S/C9H11NO3.3C6H14N4O2.2C6H14N2O2.C6H13NO2.C5H10N2O3.C5H9NO4.C5H11NO2.C2H5NO2/c10-8(9(12)13)5-6-1-3-7(11)4-2-6;3*7-4(5(11)12)2-1-3-10-6(8)9;2*7-4-2-1-3-5(8)6(9)10;1-3-4(2)5(7)6(8)9;2*6-3(5(9)10)1-2-4(7)8;1-3(2)4(6)5(7)8;3-1-2(4)5/h1-4,8,11H,5,10H2,(H,12,13);3*4H,1-3,7H2,(H,11,12)(H4,8,9,10);2*5H,1-4,7-8H2,(H,9,10);4-5H,3,7H2,1-2H3,(H,8,9);3H,1-2,6H2,(H2,7,8)(H,9,10);3H,1-2,6H2,(H,7,8)(H,9,10);3-4H,6H2,1-2H3,(H,7,8);1,3H2,(H,4,5)/t8-;3*4-;2*5-;4-,5-;2*3-;4-;/m0000000000./s1. The number of hydrogen-bond donors (Lipinski definition) is 33. The third kappa shape index (κ3) is 101. The van der Waals surface area contributed by atoms with E-state index in [0.717, 1.165) is 37.7 Å². The Kier molecular flexibility index (Phi) is 86.4.